The zero-order valence-electron chi connectivity index (χ0n) is 9.97. The van der Waals surface area contributed by atoms with Crippen LogP contribution < -0.4 is 5.32 Å². The summed E-state index contributed by atoms with van der Waals surface area (Å²) in [4.78, 5) is 22.4. The standard InChI is InChI=1S/C9H13N3O3S3/c1-3-15-7(14)4-10-6(13)5-17-9-12-11-8(16-2)18-9/h3-5H2,1-2H3,(H,10,13). The van der Waals surface area contributed by atoms with E-state index in [-0.39, 0.29) is 18.2 Å². The quantitative estimate of drug-likeness (QED) is 0.595. The van der Waals surface area contributed by atoms with Crippen LogP contribution in [-0.2, 0) is 14.3 Å². The molecule has 1 amide bonds. The van der Waals surface area contributed by atoms with Crippen molar-refractivity contribution in [2.24, 2.45) is 0 Å². The van der Waals surface area contributed by atoms with Gasteiger partial charge in [0.1, 0.15) is 6.54 Å². The summed E-state index contributed by atoms with van der Waals surface area (Å²) in [5.74, 6) is -0.451. The highest BCUT2D eigenvalue weighted by Crippen LogP contribution is 2.26. The number of carbonyl (C=O) groups is 2. The van der Waals surface area contributed by atoms with E-state index in [1.807, 2.05) is 6.26 Å². The van der Waals surface area contributed by atoms with Gasteiger partial charge >= 0.3 is 5.97 Å². The summed E-state index contributed by atoms with van der Waals surface area (Å²) in [6.45, 7) is 1.93. The zero-order chi connectivity index (χ0) is 13.4. The molecule has 1 rings (SSSR count). The monoisotopic (exact) mass is 307 g/mol. The van der Waals surface area contributed by atoms with Gasteiger partial charge in [0.2, 0.25) is 5.91 Å². The normalized spacial score (nSPS) is 10.1. The molecule has 0 unspecified atom stereocenters. The molecule has 1 aromatic rings. The molecule has 0 atom stereocenters. The van der Waals surface area contributed by atoms with Gasteiger partial charge in [-0.05, 0) is 13.2 Å². The topological polar surface area (TPSA) is 81.2 Å². The van der Waals surface area contributed by atoms with Gasteiger partial charge in [-0.3, -0.25) is 9.59 Å². The number of aromatic nitrogens is 2. The molecule has 0 spiro atoms. The largest absolute Gasteiger partial charge is 0.465 e. The van der Waals surface area contributed by atoms with Gasteiger partial charge in [-0.15, -0.1) is 10.2 Å². The van der Waals surface area contributed by atoms with Gasteiger partial charge in [-0.2, -0.15) is 0 Å². The molecule has 9 heteroatoms. The first kappa shape index (κ1) is 15.3. The molecule has 0 aliphatic carbocycles. The maximum atomic E-state index is 11.4. The SMILES string of the molecule is CCOC(=O)CNC(=O)CSc1nnc(SC)s1. The summed E-state index contributed by atoms with van der Waals surface area (Å²) in [5, 5.41) is 10.3. The van der Waals surface area contributed by atoms with Crippen LogP contribution in [0.15, 0.2) is 8.68 Å². The Bertz CT molecular complexity index is 411. The number of nitrogens with one attached hydrogen (secondary N) is 1. The molecule has 0 saturated heterocycles. The fraction of sp³-hybridized carbons (Fsp3) is 0.556. The van der Waals surface area contributed by atoms with Crippen molar-refractivity contribution in [3.05, 3.63) is 0 Å². The van der Waals surface area contributed by atoms with E-state index < -0.39 is 5.97 Å². The second-order valence-electron chi connectivity index (χ2n) is 2.91. The Kier molecular flexibility index (Phi) is 7.06. The van der Waals surface area contributed by atoms with Crippen molar-refractivity contribution in [3.8, 4) is 0 Å². The smallest absolute Gasteiger partial charge is 0.325 e. The number of thioether (sulfide) groups is 2. The van der Waals surface area contributed by atoms with Crippen LogP contribution in [0.1, 0.15) is 6.92 Å². The summed E-state index contributed by atoms with van der Waals surface area (Å²) >= 11 is 4.25. The molecule has 1 N–H and O–H groups in total. The molecule has 0 aliphatic heterocycles. The molecule has 1 aromatic heterocycles. The predicted octanol–water partition coefficient (Wildman–Crippen LogP) is 1.03. The van der Waals surface area contributed by atoms with Crippen molar-refractivity contribution in [3.63, 3.8) is 0 Å². The number of hydrogen-bond acceptors (Lipinski definition) is 8. The van der Waals surface area contributed by atoms with Crippen molar-refractivity contribution < 1.29 is 14.3 Å². The van der Waals surface area contributed by atoms with Crippen LogP contribution >= 0.6 is 34.9 Å². The van der Waals surface area contributed by atoms with Crippen molar-refractivity contribution in [2.75, 3.05) is 25.2 Å². The summed E-state index contributed by atoms with van der Waals surface area (Å²) in [5.41, 5.74) is 0. The summed E-state index contributed by atoms with van der Waals surface area (Å²) in [6, 6.07) is 0. The van der Waals surface area contributed by atoms with Crippen LogP contribution in [0, 0.1) is 0 Å². The van der Waals surface area contributed by atoms with Crippen molar-refractivity contribution in [1.29, 1.82) is 0 Å². The maximum Gasteiger partial charge on any atom is 0.325 e. The first-order chi connectivity index (χ1) is 8.65. The van der Waals surface area contributed by atoms with Gasteiger partial charge < -0.3 is 10.1 Å². The van der Waals surface area contributed by atoms with E-state index in [9.17, 15) is 9.59 Å². The number of esters is 1. The van der Waals surface area contributed by atoms with E-state index in [4.69, 9.17) is 0 Å². The Morgan fingerprint density at radius 3 is 2.72 bits per heavy atom. The first-order valence-electron chi connectivity index (χ1n) is 5.08. The molecule has 6 nitrogen and oxygen atoms in total. The third-order valence-electron chi connectivity index (χ3n) is 1.62. The Hall–Kier alpha value is -0.800. The lowest BCUT2D eigenvalue weighted by Gasteiger charge is -2.03. The number of hydrogen-bond donors (Lipinski definition) is 1. The van der Waals surface area contributed by atoms with E-state index in [1.165, 1.54) is 34.9 Å². The highest BCUT2D eigenvalue weighted by atomic mass is 32.2. The molecule has 0 fully saturated rings. The van der Waals surface area contributed by atoms with Gasteiger partial charge in [0.25, 0.3) is 0 Å². The van der Waals surface area contributed by atoms with Crippen LogP contribution in [0.3, 0.4) is 0 Å². The van der Waals surface area contributed by atoms with E-state index in [2.05, 4.69) is 20.3 Å². The molecule has 18 heavy (non-hydrogen) atoms. The van der Waals surface area contributed by atoms with E-state index in [0.717, 1.165) is 8.68 Å². The van der Waals surface area contributed by atoms with Gasteiger partial charge in [0.15, 0.2) is 8.68 Å². The Morgan fingerprint density at radius 2 is 2.11 bits per heavy atom. The molecule has 0 saturated carbocycles. The average Bonchev–Trinajstić information content (AvgIpc) is 2.82. The fourth-order valence-corrected chi connectivity index (χ4v) is 3.17. The highest BCUT2D eigenvalue weighted by Gasteiger charge is 2.09. The molecular weight excluding hydrogens is 294 g/mol. The Morgan fingerprint density at radius 1 is 1.39 bits per heavy atom. The third-order valence-corrected chi connectivity index (χ3v) is 4.66. The number of amides is 1. The van der Waals surface area contributed by atoms with Crippen LogP contribution in [0.2, 0.25) is 0 Å². The number of ether oxygens (including phenoxy) is 1. The van der Waals surface area contributed by atoms with Crippen LogP contribution in [-0.4, -0.2) is 47.2 Å². The Labute approximate surface area is 117 Å². The van der Waals surface area contributed by atoms with Crippen LogP contribution in [0.4, 0.5) is 0 Å². The van der Waals surface area contributed by atoms with E-state index >= 15 is 0 Å². The molecule has 0 aliphatic rings. The van der Waals surface area contributed by atoms with Gasteiger partial charge in [-0.1, -0.05) is 34.9 Å². The lowest BCUT2D eigenvalue weighted by molar-refractivity contribution is -0.143. The summed E-state index contributed by atoms with van der Waals surface area (Å²) in [7, 11) is 0. The number of rotatable bonds is 7. The molecule has 100 valence electrons. The first-order valence-corrected chi connectivity index (χ1v) is 8.11. The molecule has 0 radical (unpaired) electrons. The minimum Gasteiger partial charge on any atom is -0.465 e. The van der Waals surface area contributed by atoms with Gasteiger partial charge in [0, 0.05) is 0 Å². The predicted molar refractivity (Wildman–Crippen MR) is 72.1 cm³/mol. The molecule has 0 aromatic carbocycles. The Balaban J connectivity index is 2.22. The highest BCUT2D eigenvalue weighted by molar-refractivity contribution is 8.03. The van der Waals surface area contributed by atoms with Crippen LogP contribution in [0.5, 0.6) is 0 Å². The van der Waals surface area contributed by atoms with Gasteiger partial charge in [0.05, 0.1) is 12.4 Å². The second kappa shape index (κ2) is 8.33. The van der Waals surface area contributed by atoms with Gasteiger partial charge in [-0.25, -0.2) is 0 Å². The summed E-state index contributed by atoms with van der Waals surface area (Å²) in [6.07, 6.45) is 1.92. The lowest BCUT2D eigenvalue weighted by atomic mass is 10.6. The number of carbonyl (C=O) groups excluding carboxylic acids is 2. The van der Waals surface area contributed by atoms with Crippen molar-refractivity contribution >= 4 is 46.7 Å². The zero-order valence-corrected chi connectivity index (χ0v) is 12.4. The minimum absolute atomic E-state index is 0.0978. The van der Waals surface area contributed by atoms with E-state index in [1.54, 1.807) is 6.92 Å². The minimum atomic E-state index is -0.434. The summed E-state index contributed by atoms with van der Waals surface area (Å²) < 4.78 is 6.30. The average molecular weight is 307 g/mol. The second-order valence-corrected chi connectivity index (χ2v) is 6.16. The molecule has 1 heterocycles. The van der Waals surface area contributed by atoms with Crippen LogP contribution in [0.25, 0.3) is 0 Å². The molecule has 0 bridgehead atoms. The molecular formula is C9H13N3O3S3. The van der Waals surface area contributed by atoms with Crippen molar-refractivity contribution in [2.45, 2.75) is 15.6 Å². The lowest BCUT2D eigenvalue weighted by Crippen LogP contribution is -2.31. The van der Waals surface area contributed by atoms with E-state index in [0.29, 0.717) is 6.61 Å². The van der Waals surface area contributed by atoms with Crippen molar-refractivity contribution in [1.82, 2.24) is 15.5 Å². The fourth-order valence-electron chi connectivity index (χ4n) is 0.899. The maximum absolute atomic E-state index is 11.4. The third kappa shape index (κ3) is 5.69. The number of nitrogens with zero attached hydrogens (tertiary/aromatic N) is 2.